The number of ether oxygens (including phenoxy) is 1. The largest absolute Gasteiger partial charge is 0.480 e. The highest BCUT2D eigenvalue weighted by atomic mass is 16.6. The van der Waals surface area contributed by atoms with Gasteiger partial charge in [0.25, 0.3) is 5.56 Å². The molecule has 0 saturated carbocycles. The van der Waals surface area contributed by atoms with Gasteiger partial charge in [-0.15, -0.1) is 0 Å². The Kier molecular flexibility index (Phi) is 4.19. The smallest absolute Gasteiger partial charge is 0.322 e. The van der Waals surface area contributed by atoms with Gasteiger partial charge >= 0.3 is 5.97 Å². The van der Waals surface area contributed by atoms with Gasteiger partial charge in [0.15, 0.2) is 17.4 Å². The van der Waals surface area contributed by atoms with Crippen LogP contribution in [0, 0.1) is 0 Å². The van der Waals surface area contributed by atoms with E-state index in [1.807, 2.05) is 0 Å². The molecule has 1 fully saturated rings. The highest BCUT2D eigenvalue weighted by Gasteiger charge is 2.44. The summed E-state index contributed by atoms with van der Waals surface area (Å²) in [5, 5.41) is 40.1. The van der Waals surface area contributed by atoms with Crippen LogP contribution in [0.4, 0.5) is 5.95 Å². The fraction of sp³-hybridized carbons (Fsp3) is 0.500. The number of aromatic amines is 1. The number of nitrogens with one attached hydrogen (secondary N) is 2. The Bertz CT molecular complexity index is 818. The molecule has 24 heavy (non-hydrogen) atoms. The number of aliphatic hydroxyl groups is 3. The number of anilines is 1. The Morgan fingerprint density at radius 3 is 2.79 bits per heavy atom. The van der Waals surface area contributed by atoms with Gasteiger partial charge in [-0.1, -0.05) is 0 Å². The minimum Gasteiger partial charge on any atom is -0.480 e. The van der Waals surface area contributed by atoms with Crippen LogP contribution in [0.1, 0.15) is 6.23 Å². The SMILES string of the molecule is O=C(O)CNc1nc2c(ncn2[C@@H]2O[C@H](CO)[C@@H](O)[C@H]2O)c(=O)[nH]1. The second kappa shape index (κ2) is 6.16. The van der Waals surface area contributed by atoms with E-state index >= 15 is 0 Å². The number of carbonyl (C=O) groups is 1. The van der Waals surface area contributed by atoms with Gasteiger partial charge < -0.3 is 30.5 Å². The Hall–Kier alpha value is -2.54. The maximum atomic E-state index is 12.0. The van der Waals surface area contributed by atoms with E-state index in [1.54, 1.807) is 0 Å². The fourth-order valence-electron chi connectivity index (χ4n) is 2.47. The Labute approximate surface area is 133 Å². The van der Waals surface area contributed by atoms with E-state index in [2.05, 4.69) is 20.3 Å². The van der Waals surface area contributed by atoms with Crippen LogP contribution in [0.25, 0.3) is 11.2 Å². The summed E-state index contributed by atoms with van der Waals surface area (Å²) in [7, 11) is 0. The van der Waals surface area contributed by atoms with Crippen molar-refractivity contribution in [2.24, 2.45) is 0 Å². The number of aliphatic hydroxyl groups excluding tert-OH is 3. The number of carboxylic acids is 1. The molecule has 2 aromatic rings. The Morgan fingerprint density at radius 2 is 2.17 bits per heavy atom. The molecule has 3 rings (SSSR count). The summed E-state index contributed by atoms with van der Waals surface area (Å²) in [6.07, 6.45) is -3.58. The van der Waals surface area contributed by atoms with Crippen molar-refractivity contribution in [1.82, 2.24) is 19.5 Å². The topological polar surface area (TPSA) is 183 Å². The normalized spacial score (nSPS) is 26.8. The Balaban J connectivity index is 2.00. The van der Waals surface area contributed by atoms with E-state index in [9.17, 15) is 19.8 Å². The monoisotopic (exact) mass is 341 g/mol. The van der Waals surface area contributed by atoms with Gasteiger partial charge in [-0.05, 0) is 0 Å². The number of aliphatic carboxylic acids is 1. The summed E-state index contributed by atoms with van der Waals surface area (Å²) in [5.74, 6) is -1.24. The van der Waals surface area contributed by atoms with E-state index < -0.39 is 49.2 Å². The maximum absolute atomic E-state index is 12.0. The number of imidazole rings is 1. The summed E-state index contributed by atoms with van der Waals surface area (Å²) < 4.78 is 6.61. The third-order valence-corrected chi connectivity index (χ3v) is 3.63. The zero-order chi connectivity index (χ0) is 17.4. The molecule has 3 heterocycles. The van der Waals surface area contributed by atoms with Crippen LogP contribution in [-0.2, 0) is 9.53 Å². The number of rotatable bonds is 5. The van der Waals surface area contributed by atoms with E-state index in [4.69, 9.17) is 14.9 Å². The lowest BCUT2D eigenvalue weighted by Gasteiger charge is -2.16. The van der Waals surface area contributed by atoms with Gasteiger partial charge in [-0.25, -0.2) is 4.98 Å². The van der Waals surface area contributed by atoms with E-state index in [0.717, 1.165) is 0 Å². The third-order valence-electron chi connectivity index (χ3n) is 3.63. The van der Waals surface area contributed by atoms with Gasteiger partial charge in [0.2, 0.25) is 5.95 Å². The second-order valence-corrected chi connectivity index (χ2v) is 5.21. The molecular formula is C12H15N5O7. The first-order valence-electron chi connectivity index (χ1n) is 6.97. The van der Waals surface area contributed by atoms with Crippen molar-refractivity contribution in [3.8, 4) is 0 Å². The van der Waals surface area contributed by atoms with Crippen LogP contribution in [0.3, 0.4) is 0 Å². The lowest BCUT2D eigenvalue weighted by atomic mass is 10.1. The van der Waals surface area contributed by atoms with Crippen molar-refractivity contribution in [2.45, 2.75) is 24.5 Å². The molecule has 1 saturated heterocycles. The van der Waals surface area contributed by atoms with Crippen LogP contribution in [0.5, 0.6) is 0 Å². The lowest BCUT2D eigenvalue weighted by molar-refractivity contribution is -0.134. The molecule has 0 aromatic carbocycles. The minimum atomic E-state index is -1.36. The molecule has 0 spiro atoms. The van der Waals surface area contributed by atoms with Gasteiger partial charge in [-0.3, -0.25) is 19.1 Å². The van der Waals surface area contributed by atoms with Crippen molar-refractivity contribution in [2.75, 3.05) is 18.5 Å². The van der Waals surface area contributed by atoms with Crippen molar-refractivity contribution >= 4 is 23.1 Å². The summed E-state index contributed by atoms with van der Waals surface area (Å²) in [6, 6.07) is 0. The fourth-order valence-corrected chi connectivity index (χ4v) is 2.47. The molecule has 4 atom stereocenters. The van der Waals surface area contributed by atoms with Crippen LogP contribution in [-0.4, -0.2) is 77.4 Å². The zero-order valence-corrected chi connectivity index (χ0v) is 12.2. The predicted molar refractivity (Wildman–Crippen MR) is 77.3 cm³/mol. The van der Waals surface area contributed by atoms with Crippen molar-refractivity contribution < 1.29 is 30.0 Å². The quantitative estimate of drug-likeness (QED) is 0.333. The van der Waals surface area contributed by atoms with Crippen molar-refractivity contribution in [1.29, 1.82) is 0 Å². The van der Waals surface area contributed by atoms with Gasteiger partial charge in [0.1, 0.15) is 24.9 Å². The zero-order valence-electron chi connectivity index (χ0n) is 12.2. The third kappa shape index (κ3) is 2.71. The molecule has 1 aliphatic heterocycles. The molecule has 0 bridgehead atoms. The standard InChI is InChI=1S/C12H15N5O7/c18-2-4-7(21)8(22)11(24-4)17-3-14-6-9(17)15-12(16-10(6)23)13-1-5(19)20/h3-4,7-8,11,18,21-22H,1-2H2,(H,19,20)(H2,13,15,16,23)/t4-,7-,8-,11-/m1/s1. The molecule has 0 radical (unpaired) electrons. The average Bonchev–Trinajstić information content (AvgIpc) is 3.08. The van der Waals surface area contributed by atoms with Gasteiger partial charge in [-0.2, -0.15) is 4.98 Å². The first-order valence-corrected chi connectivity index (χ1v) is 6.97. The van der Waals surface area contributed by atoms with Crippen molar-refractivity contribution in [3.63, 3.8) is 0 Å². The number of nitrogens with zero attached hydrogens (tertiary/aromatic N) is 3. The van der Waals surface area contributed by atoms with Gasteiger partial charge in [0.05, 0.1) is 12.9 Å². The molecule has 0 unspecified atom stereocenters. The molecule has 1 aliphatic rings. The molecular weight excluding hydrogens is 326 g/mol. The maximum Gasteiger partial charge on any atom is 0.322 e. The first kappa shape index (κ1) is 16.3. The number of hydrogen-bond donors (Lipinski definition) is 6. The number of H-pyrrole nitrogens is 1. The second-order valence-electron chi connectivity index (χ2n) is 5.21. The number of carboxylic acid groups (broad SMARTS) is 1. The summed E-state index contributed by atoms with van der Waals surface area (Å²) in [6.45, 7) is -0.961. The number of fused-ring (bicyclic) bond motifs is 1. The highest BCUT2D eigenvalue weighted by molar-refractivity contribution is 5.74. The van der Waals surface area contributed by atoms with Crippen LogP contribution in [0.15, 0.2) is 11.1 Å². The molecule has 0 amide bonds. The van der Waals surface area contributed by atoms with Crippen LogP contribution >= 0.6 is 0 Å². The van der Waals surface area contributed by atoms with E-state index in [0.29, 0.717) is 0 Å². The highest BCUT2D eigenvalue weighted by Crippen LogP contribution is 2.30. The van der Waals surface area contributed by atoms with Crippen LogP contribution < -0.4 is 10.9 Å². The number of hydrogen-bond acceptors (Lipinski definition) is 9. The minimum absolute atomic E-state index is 0.0291. The van der Waals surface area contributed by atoms with E-state index in [-0.39, 0.29) is 17.1 Å². The van der Waals surface area contributed by atoms with Crippen molar-refractivity contribution in [3.05, 3.63) is 16.7 Å². The molecule has 12 heteroatoms. The molecule has 130 valence electrons. The molecule has 6 N–H and O–H groups in total. The predicted octanol–water partition coefficient (Wildman–Crippen LogP) is -2.77. The average molecular weight is 341 g/mol. The molecule has 0 aliphatic carbocycles. The molecule has 12 nitrogen and oxygen atoms in total. The summed E-state index contributed by atoms with van der Waals surface area (Å²) >= 11 is 0. The summed E-state index contributed by atoms with van der Waals surface area (Å²) in [5.41, 5.74) is -0.631. The first-order chi connectivity index (χ1) is 11.4. The molecule has 2 aromatic heterocycles. The lowest BCUT2D eigenvalue weighted by Crippen LogP contribution is -2.33. The van der Waals surface area contributed by atoms with Crippen LogP contribution in [0.2, 0.25) is 0 Å². The van der Waals surface area contributed by atoms with Gasteiger partial charge in [0, 0.05) is 0 Å². The van der Waals surface area contributed by atoms with E-state index in [1.165, 1.54) is 10.9 Å². The summed E-state index contributed by atoms with van der Waals surface area (Å²) in [4.78, 5) is 32.9. The number of aromatic nitrogens is 4. The Morgan fingerprint density at radius 1 is 1.42 bits per heavy atom.